The van der Waals surface area contributed by atoms with E-state index in [0.29, 0.717) is 18.0 Å². The zero-order valence-corrected chi connectivity index (χ0v) is 10.7. The highest BCUT2D eigenvalue weighted by atomic mass is 79.9. The Labute approximate surface area is 108 Å². The van der Waals surface area contributed by atoms with Gasteiger partial charge in [-0.3, -0.25) is 4.79 Å². The number of amides is 1. The Balaban J connectivity index is 2.39. The maximum Gasteiger partial charge on any atom is 0.257 e. The highest BCUT2D eigenvalue weighted by Crippen LogP contribution is 2.22. The summed E-state index contributed by atoms with van der Waals surface area (Å²) in [4.78, 5) is 11.3. The van der Waals surface area contributed by atoms with Crippen molar-refractivity contribution in [1.82, 2.24) is 5.32 Å². The summed E-state index contributed by atoms with van der Waals surface area (Å²) in [6.07, 6.45) is 0.287. The number of halogens is 1. The first kappa shape index (κ1) is 13.3. The van der Waals surface area contributed by atoms with Crippen molar-refractivity contribution < 1.29 is 9.53 Å². The summed E-state index contributed by atoms with van der Waals surface area (Å²) in [5.74, 6) is 0.256. The standard InChI is InChI=1S/C11H12BrN3O2/c12-8-4-9(14)6-10(5-8)17-7-11(16)15-3-1-2-13/h4-6H,1,3,7,14H2,(H,15,16). The average Bonchev–Trinajstić information content (AvgIpc) is 2.25. The second-order valence-corrected chi connectivity index (χ2v) is 4.18. The lowest BCUT2D eigenvalue weighted by molar-refractivity contribution is -0.123. The predicted molar refractivity (Wildman–Crippen MR) is 67.3 cm³/mol. The van der Waals surface area contributed by atoms with E-state index in [1.54, 1.807) is 18.2 Å². The van der Waals surface area contributed by atoms with Gasteiger partial charge in [-0.1, -0.05) is 15.9 Å². The van der Waals surface area contributed by atoms with Crippen LogP contribution in [0.2, 0.25) is 0 Å². The van der Waals surface area contributed by atoms with E-state index in [0.717, 1.165) is 4.47 Å². The van der Waals surface area contributed by atoms with Crippen molar-refractivity contribution >= 4 is 27.5 Å². The first-order chi connectivity index (χ1) is 8.11. The summed E-state index contributed by atoms with van der Waals surface area (Å²) >= 11 is 3.27. The Morgan fingerprint density at radius 3 is 2.94 bits per heavy atom. The minimum Gasteiger partial charge on any atom is -0.484 e. The summed E-state index contributed by atoms with van der Waals surface area (Å²) in [7, 11) is 0. The third-order valence-electron chi connectivity index (χ3n) is 1.82. The van der Waals surface area contributed by atoms with Gasteiger partial charge < -0.3 is 15.8 Å². The number of nitrogen functional groups attached to an aromatic ring is 1. The molecule has 90 valence electrons. The van der Waals surface area contributed by atoms with Gasteiger partial charge >= 0.3 is 0 Å². The minimum absolute atomic E-state index is 0.0959. The van der Waals surface area contributed by atoms with Crippen molar-refractivity contribution in [2.45, 2.75) is 6.42 Å². The second kappa shape index (κ2) is 6.76. The Kier molecular flexibility index (Phi) is 5.30. The molecule has 0 fully saturated rings. The fraction of sp³-hybridized carbons (Fsp3) is 0.273. The topological polar surface area (TPSA) is 88.1 Å². The lowest BCUT2D eigenvalue weighted by atomic mass is 10.3. The molecule has 0 saturated heterocycles. The van der Waals surface area contributed by atoms with Gasteiger partial charge in [-0.2, -0.15) is 5.26 Å². The van der Waals surface area contributed by atoms with E-state index >= 15 is 0 Å². The third kappa shape index (κ3) is 5.22. The van der Waals surface area contributed by atoms with Crippen LogP contribution in [0.4, 0.5) is 5.69 Å². The molecular formula is C11H12BrN3O2. The molecule has 0 unspecified atom stereocenters. The average molecular weight is 298 g/mol. The quantitative estimate of drug-likeness (QED) is 0.636. The van der Waals surface area contributed by atoms with E-state index < -0.39 is 0 Å². The zero-order valence-electron chi connectivity index (χ0n) is 9.07. The van der Waals surface area contributed by atoms with Gasteiger partial charge in [0.1, 0.15) is 5.75 Å². The smallest absolute Gasteiger partial charge is 0.257 e. The summed E-state index contributed by atoms with van der Waals surface area (Å²) < 4.78 is 6.04. The summed E-state index contributed by atoms with van der Waals surface area (Å²) in [5, 5.41) is 10.9. The van der Waals surface area contributed by atoms with Gasteiger partial charge in [-0.05, 0) is 12.1 Å². The first-order valence-corrected chi connectivity index (χ1v) is 5.73. The third-order valence-corrected chi connectivity index (χ3v) is 2.28. The summed E-state index contributed by atoms with van der Waals surface area (Å²) in [6, 6.07) is 7.02. The molecule has 1 rings (SSSR count). The Hall–Kier alpha value is -1.74. The van der Waals surface area contributed by atoms with E-state index in [4.69, 9.17) is 15.7 Å². The molecule has 3 N–H and O–H groups in total. The largest absolute Gasteiger partial charge is 0.484 e. The number of nitrogens with one attached hydrogen (secondary N) is 1. The van der Waals surface area contributed by atoms with Crippen LogP contribution >= 0.6 is 15.9 Å². The molecule has 0 aliphatic carbocycles. The highest BCUT2D eigenvalue weighted by molar-refractivity contribution is 9.10. The number of nitrogens with two attached hydrogens (primary N) is 1. The van der Waals surface area contributed by atoms with Crippen molar-refractivity contribution in [3.63, 3.8) is 0 Å². The van der Waals surface area contributed by atoms with Crippen LogP contribution in [0.3, 0.4) is 0 Å². The number of benzene rings is 1. The SMILES string of the molecule is N#CCCNC(=O)COc1cc(N)cc(Br)c1. The number of nitriles is 1. The van der Waals surface area contributed by atoms with Crippen molar-refractivity contribution in [1.29, 1.82) is 5.26 Å². The molecule has 0 radical (unpaired) electrons. The molecule has 0 atom stereocenters. The number of hydrogen-bond donors (Lipinski definition) is 2. The second-order valence-electron chi connectivity index (χ2n) is 3.27. The Morgan fingerprint density at radius 2 is 2.29 bits per heavy atom. The van der Waals surface area contributed by atoms with Crippen LogP contribution in [0.25, 0.3) is 0 Å². The van der Waals surface area contributed by atoms with Crippen LogP contribution in [0, 0.1) is 11.3 Å². The number of carbonyl (C=O) groups excluding carboxylic acids is 1. The number of rotatable bonds is 5. The monoisotopic (exact) mass is 297 g/mol. The minimum atomic E-state index is -0.265. The number of ether oxygens (including phenoxy) is 1. The fourth-order valence-corrected chi connectivity index (χ4v) is 1.62. The van der Waals surface area contributed by atoms with Gasteiger partial charge in [-0.15, -0.1) is 0 Å². The van der Waals surface area contributed by atoms with Gasteiger partial charge in [0.2, 0.25) is 0 Å². The van der Waals surface area contributed by atoms with Crippen LogP contribution in [0.1, 0.15) is 6.42 Å². The molecule has 0 aliphatic rings. The van der Waals surface area contributed by atoms with Crippen LogP contribution in [0.15, 0.2) is 22.7 Å². The van der Waals surface area contributed by atoms with Crippen LogP contribution < -0.4 is 15.8 Å². The molecule has 17 heavy (non-hydrogen) atoms. The highest BCUT2D eigenvalue weighted by Gasteiger charge is 2.03. The molecule has 1 amide bonds. The van der Waals surface area contributed by atoms with Crippen LogP contribution in [0.5, 0.6) is 5.75 Å². The number of anilines is 1. The predicted octanol–water partition coefficient (Wildman–Crippen LogP) is 1.44. The van der Waals surface area contributed by atoms with Crippen LogP contribution in [-0.2, 0) is 4.79 Å². The number of nitrogens with zero attached hydrogens (tertiary/aromatic N) is 1. The van der Waals surface area contributed by atoms with Gasteiger partial charge in [0.15, 0.2) is 6.61 Å². The van der Waals surface area contributed by atoms with E-state index in [9.17, 15) is 4.79 Å². The zero-order chi connectivity index (χ0) is 12.7. The maximum atomic E-state index is 11.3. The molecule has 0 spiro atoms. The molecule has 1 aromatic carbocycles. The lowest BCUT2D eigenvalue weighted by Gasteiger charge is -2.07. The molecular weight excluding hydrogens is 286 g/mol. The number of carbonyl (C=O) groups is 1. The molecule has 0 aromatic heterocycles. The van der Waals surface area contributed by atoms with Crippen molar-refractivity contribution in [3.8, 4) is 11.8 Å². The lowest BCUT2D eigenvalue weighted by Crippen LogP contribution is -2.29. The summed E-state index contributed by atoms with van der Waals surface area (Å²) in [6.45, 7) is 0.237. The van der Waals surface area contributed by atoms with E-state index in [-0.39, 0.29) is 18.9 Å². The Morgan fingerprint density at radius 1 is 1.53 bits per heavy atom. The van der Waals surface area contributed by atoms with Crippen molar-refractivity contribution in [2.24, 2.45) is 0 Å². The molecule has 6 heteroatoms. The van der Waals surface area contributed by atoms with E-state index in [1.807, 2.05) is 6.07 Å². The van der Waals surface area contributed by atoms with Gasteiger partial charge in [0.25, 0.3) is 5.91 Å². The molecule has 0 aliphatic heterocycles. The molecule has 0 bridgehead atoms. The Bertz CT molecular complexity index is 423. The van der Waals surface area contributed by atoms with Crippen molar-refractivity contribution in [3.05, 3.63) is 22.7 Å². The van der Waals surface area contributed by atoms with Crippen LogP contribution in [-0.4, -0.2) is 19.1 Å². The summed E-state index contributed by atoms with van der Waals surface area (Å²) in [5.41, 5.74) is 6.17. The molecule has 5 nitrogen and oxygen atoms in total. The van der Waals surface area contributed by atoms with Crippen molar-refractivity contribution in [2.75, 3.05) is 18.9 Å². The normalized spacial score (nSPS) is 9.41. The fourth-order valence-electron chi connectivity index (χ4n) is 1.13. The maximum absolute atomic E-state index is 11.3. The van der Waals surface area contributed by atoms with Gasteiger partial charge in [0.05, 0.1) is 12.5 Å². The number of hydrogen-bond acceptors (Lipinski definition) is 4. The van der Waals surface area contributed by atoms with Gasteiger partial charge in [0, 0.05) is 22.8 Å². The molecule has 0 heterocycles. The van der Waals surface area contributed by atoms with E-state index in [1.165, 1.54) is 0 Å². The van der Waals surface area contributed by atoms with Gasteiger partial charge in [-0.25, -0.2) is 0 Å². The molecule has 0 saturated carbocycles. The van der Waals surface area contributed by atoms with E-state index in [2.05, 4.69) is 21.2 Å². The molecule has 1 aromatic rings. The first-order valence-electron chi connectivity index (χ1n) is 4.94.